The molecule has 0 saturated heterocycles. The lowest BCUT2D eigenvalue weighted by atomic mass is 9.91. The fraction of sp³-hybridized carbons (Fsp3) is 0.455. The summed E-state index contributed by atoms with van der Waals surface area (Å²) in [4.78, 5) is 45.4. The number of Topliss-reactive ketones (excluding diaryl/α,β-unsaturated/α-hetero) is 1. The normalized spacial score (nSPS) is 13.9. The number of hydrogen-bond acceptors (Lipinski definition) is 5. The molecule has 8 heteroatoms. The van der Waals surface area contributed by atoms with E-state index in [0.29, 0.717) is 30.2 Å². The maximum Gasteiger partial charge on any atom is 0.332 e. The molecule has 1 aliphatic rings. The molecule has 4 rings (SSSR count). The number of rotatable bonds is 3. The Labute approximate surface area is 174 Å². The number of aromatic nitrogens is 4. The van der Waals surface area contributed by atoms with Crippen LogP contribution in [0.25, 0.3) is 11.2 Å². The standard InChI is InChI=1S/C22H27N5O3/c1-13-7-8-14(2)15(11-13)25-9-10-26-17-18(23-20(25)26)24(6)21(30)27(19(17)29)12-16(28)22(3,4)5/h7-8,11H,9-10,12H2,1-6H3. The van der Waals surface area contributed by atoms with Gasteiger partial charge in [-0.05, 0) is 31.0 Å². The molecule has 0 radical (unpaired) electrons. The molecular formula is C22H27N5O3. The van der Waals surface area contributed by atoms with Gasteiger partial charge in [0.25, 0.3) is 5.56 Å². The maximum atomic E-state index is 13.3. The van der Waals surface area contributed by atoms with Gasteiger partial charge in [-0.3, -0.25) is 18.7 Å². The van der Waals surface area contributed by atoms with Crippen molar-refractivity contribution in [3.05, 3.63) is 50.2 Å². The topological polar surface area (TPSA) is 82.1 Å². The molecule has 0 spiro atoms. The van der Waals surface area contributed by atoms with E-state index in [1.54, 1.807) is 27.8 Å². The van der Waals surface area contributed by atoms with E-state index in [-0.39, 0.29) is 12.3 Å². The molecule has 3 heterocycles. The van der Waals surface area contributed by atoms with Crippen molar-refractivity contribution >= 4 is 28.6 Å². The Kier molecular flexibility index (Phi) is 4.48. The number of carbonyl (C=O) groups excluding carboxylic acids is 1. The van der Waals surface area contributed by atoms with E-state index in [1.807, 2.05) is 18.4 Å². The van der Waals surface area contributed by atoms with Crippen molar-refractivity contribution in [2.45, 2.75) is 47.7 Å². The Balaban J connectivity index is 1.91. The summed E-state index contributed by atoms with van der Waals surface area (Å²) in [7, 11) is 1.59. The quantitative estimate of drug-likeness (QED) is 0.663. The minimum absolute atomic E-state index is 0.167. The fourth-order valence-electron chi connectivity index (χ4n) is 3.84. The summed E-state index contributed by atoms with van der Waals surface area (Å²) in [5.74, 6) is 0.477. The number of nitrogens with zero attached hydrogens (tertiary/aromatic N) is 5. The van der Waals surface area contributed by atoms with Gasteiger partial charge >= 0.3 is 5.69 Å². The lowest BCUT2D eigenvalue weighted by molar-refractivity contribution is -0.127. The molecule has 3 aromatic rings. The Morgan fingerprint density at radius 1 is 1.13 bits per heavy atom. The van der Waals surface area contributed by atoms with Crippen LogP contribution in [0.5, 0.6) is 0 Å². The van der Waals surface area contributed by atoms with Gasteiger partial charge in [0.15, 0.2) is 16.9 Å². The second kappa shape index (κ2) is 6.68. The summed E-state index contributed by atoms with van der Waals surface area (Å²) in [6.07, 6.45) is 0. The van der Waals surface area contributed by atoms with Gasteiger partial charge < -0.3 is 9.47 Å². The number of aryl methyl sites for hydroxylation is 3. The maximum absolute atomic E-state index is 13.3. The van der Waals surface area contributed by atoms with Crippen molar-refractivity contribution in [1.29, 1.82) is 0 Å². The van der Waals surface area contributed by atoms with E-state index in [2.05, 4.69) is 28.1 Å². The van der Waals surface area contributed by atoms with Crippen LogP contribution in [0.3, 0.4) is 0 Å². The van der Waals surface area contributed by atoms with Crippen LogP contribution >= 0.6 is 0 Å². The van der Waals surface area contributed by atoms with Gasteiger partial charge in [0.05, 0.1) is 6.54 Å². The molecule has 1 aromatic carbocycles. The predicted molar refractivity (Wildman–Crippen MR) is 117 cm³/mol. The minimum atomic E-state index is -0.641. The summed E-state index contributed by atoms with van der Waals surface area (Å²) in [5.41, 5.74) is 2.36. The number of anilines is 2. The molecule has 2 aromatic heterocycles. The summed E-state index contributed by atoms with van der Waals surface area (Å²) in [6.45, 7) is 10.4. The second-order valence-electron chi connectivity index (χ2n) is 9.08. The van der Waals surface area contributed by atoms with Gasteiger partial charge in [-0.1, -0.05) is 32.9 Å². The average molecular weight is 409 g/mol. The summed E-state index contributed by atoms with van der Waals surface area (Å²) < 4.78 is 4.25. The Hall–Kier alpha value is -3.16. The number of carbonyl (C=O) groups is 1. The smallest absolute Gasteiger partial charge is 0.310 e. The molecular weight excluding hydrogens is 382 g/mol. The summed E-state index contributed by atoms with van der Waals surface area (Å²) in [6, 6.07) is 6.23. The van der Waals surface area contributed by atoms with Crippen LogP contribution in [0.4, 0.5) is 11.6 Å². The van der Waals surface area contributed by atoms with E-state index in [0.717, 1.165) is 21.4 Å². The van der Waals surface area contributed by atoms with Gasteiger partial charge in [0.1, 0.15) is 0 Å². The second-order valence-corrected chi connectivity index (χ2v) is 9.08. The average Bonchev–Trinajstić information content (AvgIpc) is 3.23. The first-order chi connectivity index (χ1) is 14.0. The number of benzene rings is 1. The number of imidazole rings is 1. The highest BCUT2D eigenvalue weighted by atomic mass is 16.2. The van der Waals surface area contributed by atoms with Gasteiger partial charge in [0.2, 0.25) is 5.95 Å². The zero-order valence-corrected chi connectivity index (χ0v) is 18.3. The van der Waals surface area contributed by atoms with E-state index in [4.69, 9.17) is 0 Å². The fourth-order valence-corrected chi connectivity index (χ4v) is 3.84. The first-order valence-corrected chi connectivity index (χ1v) is 10.1. The zero-order chi connectivity index (χ0) is 22.0. The summed E-state index contributed by atoms with van der Waals surface area (Å²) >= 11 is 0. The lowest BCUT2D eigenvalue weighted by Gasteiger charge is -2.19. The van der Waals surface area contributed by atoms with Crippen molar-refractivity contribution < 1.29 is 4.79 Å². The Morgan fingerprint density at radius 2 is 1.83 bits per heavy atom. The predicted octanol–water partition coefficient (Wildman–Crippen LogP) is 2.28. The highest BCUT2D eigenvalue weighted by Gasteiger charge is 2.30. The summed E-state index contributed by atoms with van der Waals surface area (Å²) in [5, 5.41) is 0. The van der Waals surface area contributed by atoms with E-state index in [1.165, 1.54) is 4.57 Å². The van der Waals surface area contributed by atoms with Crippen molar-refractivity contribution in [2.24, 2.45) is 12.5 Å². The molecule has 0 aliphatic carbocycles. The SMILES string of the molecule is Cc1ccc(C)c(N2CCn3c2nc2c3c(=O)n(CC(=O)C(C)(C)C)c(=O)n2C)c1. The van der Waals surface area contributed by atoms with Crippen LogP contribution in [0.2, 0.25) is 0 Å². The number of ketones is 1. The van der Waals surface area contributed by atoms with E-state index < -0.39 is 16.7 Å². The van der Waals surface area contributed by atoms with Gasteiger partial charge in [-0.2, -0.15) is 4.98 Å². The zero-order valence-electron chi connectivity index (χ0n) is 18.3. The minimum Gasteiger partial charge on any atom is -0.310 e. The van der Waals surface area contributed by atoms with E-state index >= 15 is 0 Å². The largest absolute Gasteiger partial charge is 0.332 e. The van der Waals surface area contributed by atoms with Crippen molar-refractivity contribution in [3.63, 3.8) is 0 Å². The van der Waals surface area contributed by atoms with Crippen molar-refractivity contribution in [1.82, 2.24) is 18.7 Å². The third kappa shape index (κ3) is 2.98. The highest BCUT2D eigenvalue weighted by Crippen LogP contribution is 2.34. The van der Waals surface area contributed by atoms with Crippen LogP contribution in [0, 0.1) is 19.3 Å². The molecule has 0 atom stereocenters. The van der Waals surface area contributed by atoms with Crippen molar-refractivity contribution in [2.75, 3.05) is 11.4 Å². The molecule has 0 unspecified atom stereocenters. The van der Waals surface area contributed by atoms with Crippen LogP contribution in [-0.2, 0) is 24.9 Å². The molecule has 0 fully saturated rings. The number of hydrogen-bond donors (Lipinski definition) is 0. The number of fused-ring (bicyclic) bond motifs is 3. The molecule has 1 aliphatic heterocycles. The third-order valence-corrected chi connectivity index (χ3v) is 5.79. The molecule has 158 valence electrons. The van der Waals surface area contributed by atoms with Gasteiger partial charge in [-0.25, -0.2) is 4.79 Å². The lowest BCUT2D eigenvalue weighted by Crippen LogP contribution is -2.43. The molecule has 30 heavy (non-hydrogen) atoms. The van der Waals surface area contributed by atoms with Crippen molar-refractivity contribution in [3.8, 4) is 0 Å². The van der Waals surface area contributed by atoms with Gasteiger partial charge in [-0.15, -0.1) is 0 Å². The van der Waals surface area contributed by atoms with E-state index in [9.17, 15) is 14.4 Å². The Bertz CT molecular complexity index is 1300. The molecule has 8 nitrogen and oxygen atoms in total. The third-order valence-electron chi connectivity index (χ3n) is 5.79. The first kappa shape index (κ1) is 20.1. The Morgan fingerprint density at radius 3 is 2.50 bits per heavy atom. The van der Waals surface area contributed by atoms with Crippen LogP contribution < -0.4 is 16.1 Å². The first-order valence-electron chi connectivity index (χ1n) is 10.1. The molecule has 0 amide bonds. The van der Waals surface area contributed by atoms with Crippen LogP contribution in [0.15, 0.2) is 27.8 Å². The molecule has 0 saturated carbocycles. The van der Waals surface area contributed by atoms with Gasteiger partial charge in [0, 0.05) is 31.2 Å². The highest BCUT2D eigenvalue weighted by molar-refractivity contribution is 5.84. The van der Waals surface area contributed by atoms with Crippen LogP contribution in [0.1, 0.15) is 31.9 Å². The monoisotopic (exact) mass is 409 g/mol. The van der Waals surface area contributed by atoms with Crippen LogP contribution in [-0.4, -0.2) is 31.0 Å². The molecule has 0 bridgehead atoms. The molecule has 0 N–H and O–H groups in total.